The number of amides is 1. The maximum atomic E-state index is 12.6. The topological polar surface area (TPSA) is 58.4 Å². The highest BCUT2D eigenvalue weighted by Crippen LogP contribution is 2.28. The van der Waals surface area contributed by atoms with Crippen molar-refractivity contribution in [2.45, 2.75) is 25.8 Å². The number of aryl methyl sites for hydroxylation is 1. The minimum Gasteiger partial charge on any atom is -0.399 e. The first-order chi connectivity index (χ1) is 11.5. The molecule has 1 atom stereocenters. The highest BCUT2D eigenvalue weighted by atomic mass is 35.5. The van der Waals surface area contributed by atoms with E-state index in [0.29, 0.717) is 11.3 Å². The number of nitrogen functional groups attached to an aromatic ring is 1. The van der Waals surface area contributed by atoms with E-state index in [2.05, 4.69) is 10.2 Å². The predicted molar refractivity (Wildman–Crippen MR) is 99.7 cm³/mol. The number of benzene rings is 2. The lowest BCUT2D eigenvalue weighted by atomic mass is 10.0. The summed E-state index contributed by atoms with van der Waals surface area (Å²) in [6.07, 6.45) is 1.99. The van der Waals surface area contributed by atoms with Gasteiger partial charge in [0.15, 0.2) is 0 Å². The van der Waals surface area contributed by atoms with Crippen LogP contribution in [-0.4, -0.2) is 25.0 Å². The zero-order valence-electron chi connectivity index (χ0n) is 13.8. The van der Waals surface area contributed by atoms with Gasteiger partial charge in [0.2, 0.25) is 0 Å². The van der Waals surface area contributed by atoms with Crippen molar-refractivity contribution in [3.8, 4) is 0 Å². The molecule has 1 fully saturated rings. The van der Waals surface area contributed by atoms with Crippen molar-refractivity contribution in [3.05, 3.63) is 58.6 Å². The summed E-state index contributed by atoms with van der Waals surface area (Å²) in [5, 5.41) is 3.89. The fraction of sp³-hybridized carbons (Fsp3) is 0.316. The van der Waals surface area contributed by atoms with E-state index in [-0.39, 0.29) is 11.9 Å². The van der Waals surface area contributed by atoms with Gasteiger partial charge >= 0.3 is 0 Å². The molecule has 0 radical (unpaired) electrons. The van der Waals surface area contributed by atoms with E-state index in [0.717, 1.165) is 42.2 Å². The number of piperidine rings is 1. The van der Waals surface area contributed by atoms with E-state index in [1.165, 1.54) is 0 Å². The van der Waals surface area contributed by atoms with Gasteiger partial charge in [0, 0.05) is 30.4 Å². The molecule has 24 heavy (non-hydrogen) atoms. The number of halogens is 1. The molecule has 1 saturated heterocycles. The molecular formula is C19H22ClN3O. The highest BCUT2D eigenvalue weighted by Gasteiger charge is 2.23. The third-order valence-corrected chi connectivity index (χ3v) is 4.78. The van der Waals surface area contributed by atoms with Crippen molar-refractivity contribution < 1.29 is 4.79 Å². The van der Waals surface area contributed by atoms with Gasteiger partial charge < -0.3 is 16.0 Å². The van der Waals surface area contributed by atoms with Crippen molar-refractivity contribution in [2.24, 2.45) is 0 Å². The van der Waals surface area contributed by atoms with Crippen molar-refractivity contribution >= 4 is 28.9 Å². The molecule has 0 aromatic heterocycles. The maximum Gasteiger partial charge on any atom is 0.251 e. The largest absolute Gasteiger partial charge is 0.399 e. The summed E-state index contributed by atoms with van der Waals surface area (Å²) in [6, 6.07) is 13.4. The Balaban J connectivity index is 1.70. The van der Waals surface area contributed by atoms with Crippen LogP contribution in [0, 0.1) is 6.92 Å². The highest BCUT2D eigenvalue weighted by molar-refractivity contribution is 6.33. The van der Waals surface area contributed by atoms with Crippen LogP contribution in [-0.2, 0) is 0 Å². The normalized spacial score (nSPS) is 17.6. The summed E-state index contributed by atoms with van der Waals surface area (Å²) in [6.45, 7) is 3.63. The fourth-order valence-corrected chi connectivity index (χ4v) is 3.42. The second-order valence-corrected chi connectivity index (χ2v) is 6.69. The van der Waals surface area contributed by atoms with Crippen molar-refractivity contribution in [2.75, 3.05) is 23.7 Å². The summed E-state index contributed by atoms with van der Waals surface area (Å²) >= 11 is 6.30. The van der Waals surface area contributed by atoms with Crippen LogP contribution in [0.1, 0.15) is 28.8 Å². The number of hydrogen-bond donors (Lipinski definition) is 2. The van der Waals surface area contributed by atoms with Gasteiger partial charge in [0.1, 0.15) is 0 Å². The molecule has 126 valence electrons. The Labute approximate surface area is 147 Å². The summed E-state index contributed by atoms with van der Waals surface area (Å²) in [5.74, 6) is -0.0641. The molecule has 3 rings (SSSR count). The molecule has 0 saturated carbocycles. The van der Waals surface area contributed by atoms with Crippen molar-refractivity contribution in [3.63, 3.8) is 0 Å². The summed E-state index contributed by atoms with van der Waals surface area (Å²) in [5.41, 5.74) is 9.01. The van der Waals surface area contributed by atoms with E-state index in [1.807, 2.05) is 43.3 Å². The molecule has 3 N–H and O–H groups in total. The smallest absolute Gasteiger partial charge is 0.251 e. The number of carbonyl (C=O) groups excluding carboxylic acids is 1. The summed E-state index contributed by atoms with van der Waals surface area (Å²) in [7, 11) is 0. The van der Waals surface area contributed by atoms with E-state index >= 15 is 0 Å². The van der Waals surface area contributed by atoms with Crippen LogP contribution in [0.5, 0.6) is 0 Å². The third-order valence-electron chi connectivity index (χ3n) is 4.46. The van der Waals surface area contributed by atoms with Gasteiger partial charge in [0.05, 0.1) is 10.7 Å². The second kappa shape index (κ2) is 7.14. The van der Waals surface area contributed by atoms with Crippen LogP contribution in [0.2, 0.25) is 5.02 Å². The minimum absolute atomic E-state index is 0.0641. The number of hydrogen-bond acceptors (Lipinski definition) is 3. The van der Waals surface area contributed by atoms with Gasteiger partial charge in [-0.15, -0.1) is 0 Å². The second-order valence-electron chi connectivity index (χ2n) is 6.28. The molecule has 4 nitrogen and oxygen atoms in total. The third kappa shape index (κ3) is 3.65. The predicted octanol–water partition coefficient (Wildman–Crippen LogP) is 3.63. The Morgan fingerprint density at radius 2 is 2.08 bits per heavy atom. The van der Waals surface area contributed by atoms with E-state index in [9.17, 15) is 4.79 Å². The number of nitrogens with zero attached hydrogens (tertiary/aromatic N) is 1. The number of rotatable bonds is 3. The molecule has 0 bridgehead atoms. The average molecular weight is 344 g/mol. The number of nitrogens with two attached hydrogens (primary N) is 1. The van der Waals surface area contributed by atoms with Crippen LogP contribution >= 0.6 is 11.6 Å². The van der Waals surface area contributed by atoms with Crippen LogP contribution in [0.3, 0.4) is 0 Å². The van der Waals surface area contributed by atoms with Gasteiger partial charge in [-0.05, 0) is 49.6 Å². The van der Waals surface area contributed by atoms with E-state index in [1.54, 1.807) is 6.07 Å². The van der Waals surface area contributed by atoms with Gasteiger partial charge in [-0.3, -0.25) is 4.79 Å². The first-order valence-corrected chi connectivity index (χ1v) is 8.59. The molecule has 1 heterocycles. The van der Waals surface area contributed by atoms with Crippen LogP contribution in [0.25, 0.3) is 0 Å². The molecule has 1 unspecified atom stereocenters. The molecule has 2 aromatic rings. The Hall–Kier alpha value is -2.20. The molecule has 0 spiro atoms. The first kappa shape index (κ1) is 16.7. The van der Waals surface area contributed by atoms with Gasteiger partial charge in [0.25, 0.3) is 5.91 Å². The van der Waals surface area contributed by atoms with Crippen LogP contribution < -0.4 is 16.0 Å². The van der Waals surface area contributed by atoms with Gasteiger partial charge in [-0.1, -0.05) is 29.8 Å². The lowest BCUT2D eigenvalue weighted by Gasteiger charge is -2.35. The average Bonchev–Trinajstić information content (AvgIpc) is 2.57. The zero-order valence-corrected chi connectivity index (χ0v) is 14.5. The Bertz CT molecular complexity index is 747. The van der Waals surface area contributed by atoms with Gasteiger partial charge in [-0.2, -0.15) is 0 Å². The lowest BCUT2D eigenvalue weighted by Crippen LogP contribution is -2.48. The Morgan fingerprint density at radius 3 is 2.88 bits per heavy atom. The molecule has 2 aromatic carbocycles. The van der Waals surface area contributed by atoms with E-state index < -0.39 is 0 Å². The SMILES string of the molecule is Cc1ccc(N)cc1C(=O)NC1CCCN(c2ccccc2Cl)C1. The molecule has 1 amide bonds. The Morgan fingerprint density at radius 1 is 1.29 bits per heavy atom. The Kier molecular flexibility index (Phi) is 4.95. The number of para-hydroxylation sites is 1. The zero-order chi connectivity index (χ0) is 17.1. The van der Waals surface area contributed by atoms with Gasteiger partial charge in [-0.25, -0.2) is 0 Å². The van der Waals surface area contributed by atoms with Crippen molar-refractivity contribution in [1.29, 1.82) is 0 Å². The van der Waals surface area contributed by atoms with Crippen LogP contribution in [0.4, 0.5) is 11.4 Å². The number of anilines is 2. The summed E-state index contributed by atoms with van der Waals surface area (Å²) in [4.78, 5) is 14.8. The van der Waals surface area contributed by atoms with E-state index in [4.69, 9.17) is 17.3 Å². The molecule has 1 aliphatic rings. The molecular weight excluding hydrogens is 322 g/mol. The number of carbonyl (C=O) groups is 1. The molecule has 0 aliphatic carbocycles. The minimum atomic E-state index is -0.0641. The van der Waals surface area contributed by atoms with Crippen LogP contribution in [0.15, 0.2) is 42.5 Å². The lowest BCUT2D eigenvalue weighted by molar-refractivity contribution is 0.0932. The first-order valence-electron chi connectivity index (χ1n) is 8.21. The quantitative estimate of drug-likeness (QED) is 0.837. The number of nitrogens with one attached hydrogen (secondary N) is 1. The fourth-order valence-electron chi connectivity index (χ4n) is 3.17. The monoisotopic (exact) mass is 343 g/mol. The maximum absolute atomic E-state index is 12.6. The molecule has 5 heteroatoms. The molecule has 1 aliphatic heterocycles. The van der Waals surface area contributed by atoms with Crippen molar-refractivity contribution in [1.82, 2.24) is 5.32 Å². The summed E-state index contributed by atoms with van der Waals surface area (Å²) < 4.78 is 0. The standard InChI is InChI=1S/C19H22ClN3O/c1-13-8-9-14(21)11-16(13)19(24)22-15-5-4-10-23(12-15)18-7-3-2-6-17(18)20/h2-3,6-9,11,15H,4-5,10,12,21H2,1H3,(H,22,24).